The molecule has 0 radical (unpaired) electrons. The molecule has 2 saturated heterocycles. The minimum Gasteiger partial charge on any atom is -0.497 e. The van der Waals surface area contributed by atoms with Gasteiger partial charge in [0, 0.05) is 32.1 Å². The second-order valence-electron chi connectivity index (χ2n) is 6.94. The third-order valence-electron chi connectivity index (χ3n) is 5.34. The molecule has 144 valence electrons. The highest BCUT2D eigenvalue weighted by Gasteiger charge is 2.33. The van der Waals surface area contributed by atoms with Crippen molar-refractivity contribution in [3.05, 3.63) is 29.8 Å². The van der Waals surface area contributed by atoms with Crippen molar-refractivity contribution in [1.82, 2.24) is 15.1 Å². The first-order valence-corrected chi connectivity index (χ1v) is 8.98. The zero-order valence-electron chi connectivity index (χ0n) is 15.4. The highest BCUT2D eigenvalue weighted by Crippen LogP contribution is 2.20. The average Bonchev–Trinajstić information content (AvgIpc) is 2.59. The highest BCUT2D eigenvalue weighted by atomic mass is 35.5. The van der Waals surface area contributed by atoms with E-state index in [1.54, 1.807) is 7.11 Å². The monoisotopic (exact) mass is 381 g/mol. The van der Waals surface area contributed by atoms with Crippen LogP contribution in [-0.2, 0) is 16.0 Å². The average molecular weight is 382 g/mol. The van der Waals surface area contributed by atoms with Crippen molar-refractivity contribution in [2.45, 2.75) is 13.3 Å². The van der Waals surface area contributed by atoms with Crippen LogP contribution in [0.5, 0.6) is 5.75 Å². The second kappa shape index (κ2) is 9.24. The van der Waals surface area contributed by atoms with Crippen LogP contribution in [0.4, 0.5) is 0 Å². The van der Waals surface area contributed by atoms with Gasteiger partial charge in [-0.3, -0.25) is 9.59 Å². The van der Waals surface area contributed by atoms with E-state index in [0.717, 1.165) is 24.4 Å². The van der Waals surface area contributed by atoms with Gasteiger partial charge in [0.2, 0.25) is 11.8 Å². The Kier molecular flexibility index (Phi) is 7.29. The summed E-state index contributed by atoms with van der Waals surface area (Å²) in [6.07, 6.45) is 0.370. The summed E-state index contributed by atoms with van der Waals surface area (Å²) in [7, 11) is 1.62. The third kappa shape index (κ3) is 4.68. The molecule has 2 amide bonds. The van der Waals surface area contributed by atoms with E-state index in [1.165, 1.54) is 0 Å². The van der Waals surface area contributed by atoms with Gasteiger partial charge in [-0.05, 0) is 36.7 Å². The fourth-order valence-corrected chi connectivity index (χ4v) is 3.40. The summed E-state index contributed by atoms with van der Waals surface area (Å²) in [5, 5.41) is 3.22. The number of benzene rings is 1. The highest BCUT2D eigenvalue weighted by molar-refractivity contribution is 5.85. The Balaban J connectivity index is 0.00000243. The molecule has 26 heavy (non-hydrogen) atoms. The maximum absolute atomic E-state index is 12.6. The molecule has 0 saturated carbocycles. The lowest BCUT2D eigenvalue weighted by molar-refractivity contribution is -0.143. The topological polar surface area (TPSA) is 61.9 Å². The minimum absolute atomic E-state index is 0. The molecule has 1 aromatic rings. The standard InChI is InChI=1S/C19H27N3O3.ClH/c1-14(16-12-20-13-16)19(24)22-8-6-21(7-9-22)18(23)11-15-4-3-5-17(10-15)25-2;/h3-5,10,14,16,20H,6-9,11-13H2,1-2H3;1H. The lowest BCUT2D eigenvalue weighted by Crippen LogP contribution is -2.55. The molecule has 6 nitrogen and oxygen atoms in total. The molecule has 3 rings (SSSR count). The maximum Gasteiger partial charge on any atom is 0.227 e. The maximum atomic E-state index is 12.6. The van der Waals surface area contributed by atoms with Crippen molar-refractivity contribution in [1.29, 1.82) is 0 Å². The molecule has 1 N–H and O–H groups in total. The molecular weight excluding hydrogens is 354 g/mol. The van der Waals surface area contributed by atoms with E-state index >= 15 is 0 Å². The van der Waals surface area contributed by atoms with E-state index in [2.05, 4.69) is 5.32 Å². The van der Waals surface area contributed by atoms with E-state index in [-0.39, 0.29) is 30.1 Å². The van der Waals surface area contributed by atoms with Gasteiger partial charge in [-0.2, -0.15) is 0 Å². The van der Waals surface area contributed by atoms with E-state index in [9.17, 15) is 9.59 Å². The lowest BCUT2D eigenvalue weighted by atomic mass is 9.88. The van der Waals surface area contributed by atoms with Gasteiger partial charge in [-0.25, -0.2) is 0 Å². The molecule has 2 aliphatic rings. The van der Waals surface area contributed by atoms with Crippen molar-refractivity contribution >= 4 is 24.2 Å². The van der Waals surface area contributed by atoms with E-state index < -0.39 is 0 Å². The van der Waals surface area contributed by atoms with Crippen LogP contribution in [-0.4, -0.2) is 68.0 Å². The van der Waals surface area contributed by atoms with Crippen LogP contribution in [0.25, 0.3) is 0 Å². The second-order valence-corrected chi connectivity index (χ2v) is 6.94. The third-order valence-corrected chi connectivity index (χ3v) is 5.34. The van der Waals surface area contributed by atoms with Gasteiger partial charge >= 0.3 is 0 Å². The molecule has 2 fully saturated rings. The lowest BCUT2D eigenvalue weighted by Gasteiger charge is -2.39. The zero-order chi connectivity index (χ0) is 17.8. The molecule has 0 bridgehead atoms. The van der Waals surface area contributed by atoms with Crippen LogP contribution in [0.3, 0.4) is 0 Å². The molecule has 0 aliphatic carbocycles. The quantitative estimate of drug-likeness (QED) is 0.832. The van der Waals surface area contributed by atoms with Gasteiger partial charge < -0.3 is 19.9 Å². The molecule has 7 heteroatoms. The predicted octanol–water partition coefficient (Wildman–Crippen LogP) is 1.19. The van der Waals surface area contributed by atoms with Crippen molar-refractivity contribution in [3.8, 4) is 5.75 Å². The molecule has 0 spiro atoms. The van der Waals surface area contributed by atoms with Crippen molar-refractivity contribution < 1.29 is 14.3 Å². The number of hydrogen-bond acceptors (Lipinski definition) is 4. The Morgan fingerprint density at radius 1 is 1.19 bits per heavy atom. The van der Waals surface area contributed by atoms with Gasteiger partial charge in [0.15, 0.2) is 0 Å². The Bertz CT molecular complexity index is 628. The van der Waals surface area contributed by atoms with Crippen LogP contribution in [0.1, 0.15) is 12.5 Å². The number of carbonyl (C=O) groups excluding carboxylic acids is 2. The van der Waals surface area contributed by atoms with E-state index in [0.29, 0.717) is 38.5 Å². The van der Waals surface area contributed by atoms with Crippen LogP contribution >= 0.6 is 12.4 Å². The first-order chi connectivity index (χ1) is 12.1. The van der Waals surface area contributed by atoms with Crippen molar-refractivity contribution in [2.24, 2.45) is 11.8 Å². The molecule has 1 unspecified atom stereocenters. The Morgan fingerprint density at radius 2 is 1.85 bits per heavy atom. The number of ether oxygens (including phenoxy) is 1. The zero-order valence-corrected chi connectivity index (χ0v) is 16.3. The van der Waals surface area contributed by atoms with Crippen molar-refractivity contribution in [2.75, 3.05) is 46.4 Å². The summed E-state index contributed by atoms with van der Waals surface area (Å²) in [5.74, 6) is 1.63. The fraction of sp³-hybridized carbons (Fsp3) is 0.579. The molecule has 2 heterocycles. The summed E-state index contributed by atoms with van der Waals surface area (Å²) in [6.45, 7) is 6.39. The van der Waals surface area contributed by atoms with Crippen LogP contribution < -0.4 is 10.1 Å². The number of hydrogen-bond donors (Lipinski definition) is 1. The largest absolute Gasteiger partial charge is 0.497 e. The van der Waals surface area contributed by atoms with Crippen LogP contribution in [0.2, 0.25) is 0 Å². The molecule has 2 aliphatic heterocycles. The number of carbonyl (C=O) groups is 2. The van der Waals surface area contributed by atoms with Gasteiger partial charge in [-0.1, -0.05) is 19.1 Å². The Morgan fingerprint density at radius 3 is 2.42 bits per heavy atom. The van der Waals surface area contributed by atoms with Crippen molar-refractivity contribution in [3.63, 3.8) is 0 Å². The fourth-order valence-electron chi connectivity index (χ4n) is 3.40. The van der Waals surface area contributed by atoms with Gasteiger partial charge in [0.05, 0.1) is 13.5 Å². The van der Waals surface area contributed by atoms with Crippen LogP contribution in [0, 0.1) is 11.8 Å². The van der Waals surface area contributed by atoms with Gasteiger partial charge in [0.1, 0.15) is 5.75 Å². The molecule has 1 aromatic carbocycles. The summed E-state index contributed by atoms with van der Waals surface area (Å²) < 4.78 is 5.20. The predicted molar refractivity (Wildman–Crippen MR) is 103 cm³/mol. The molecule has 0 aromatic heterocycles. The molecule has 1 atom stereocenters. The number of nitrogens with zero attached hydrogens (tertiary/aromatic N) is 2. The number of rotatable bonds is 5. The summed E-state index contributed by atoms with van der Waals surface area (Å²) in [6, 6.07) is 7.60. The summed E-state index contributed by atoms with van der Waals surface area (Å²) >= 11 is 0. The minimum atomic E-state index is 0. The summed E-state index contributed by atoms with van der Waals surface area (Å²) in [4.78, 5) is 28.8. The number of amides is 2. The summed E-state index contributed by atoms with van der Waals surface area (Å²) in [5.41, 5.74) is 0.953. The Labute approximate surface area is 161 Å². The van der Waals surface area contributed by atoms with E-state index in [4.69, 9.17) is 4.74 Å². The van der Waals surface area contributed by atoms with Gasteiger partial charge in [-0.15, -0.1) is 12.4 Å². The van der Waals surface area contributed by atoms with Gasteiger partial charge in [0.25, 0.3) is 0 Å². The molecular formula is C19H28ClN3O3. The first-order valence-electron chi connectivity index (χ1n) is 8.98. The SMILES string of the molecule is COc1cccc(CC(=O)N2CCN(C(=O)C(C)C3CNC3)CC2)c1.Cl. The number of methoxy groups -OCH3 is 1. The normalized spacial score (nSPS) is 18.5. The van der Waals surface area contributed by atoms with Crippen LogP contribution in [0.15, 0.2) is 24.3 Å². The first kappa shape index (κ1) is 20.5. The Hall–Kier alpha value is -1.79. The number of piperazine rings is 1. The van der Waals surface area contributed by atoms with E-state index in [1.807, 2.05) is 41.0 Å². The number of halogens is 1. The number of nitrogens with one attached hydrogen (secondary N) is 1. The smallest absolute Gasteiger partial charge is 0.227 e.